The third-order valence-corrected chi connectivity index (χ3v) is 2.90. The summed E-state index contributed by atoms with van der Waals surface area (Å²) in [5, 5.41) is 0.274. The van der Waals surface area contributed by atoms with Crippen molar-refractivity contribution in [2.75, 3.05) is 12.1 Å². The maximum absolute atomic E-state index is 11.6. The van der Waals surface area contributed by atoms with Crippen LogP contribution in [0.2, 0.25) is 0 Å². The molecule has 8 heteroatoms. The van der Waals surface area contributed by atoms with E-state index in [1.54, 1.807) is 34.6 Å². The number of aryl methyl sites for hydroxylation is 1. The summed E-state index contributed by atoms with van der Waals surface area (Å²) in [5.41, 5.74) is 2.21. The molecule has 0 radical (unpaired) electrons. The SMILES string of the molecule is CCOC(=O)c1sc(NOC(=O)OC(C)(C)C)nc1C. The fourth-order valence-electron chi connectivity index (χ4n) is 1.18. The Balaban J connectivity index is 2.60. The number of aromatic nitrogens is 1. The van der Waals surface area contributed by atoms with Crippen LogP contribution in [-0.2, 0) is 14.3 Å². The number of rotatable bonds is 4. The van der Waals surface area contributed by atoms with E-state index in [0.717, 1.165) is 11.3 Å². The smallest absolute Gasteiger partial charge is 0.462 e. The van der Waals surface area contributed by atoms with Crippen LogP contribution in [0.5, 0.6) is 0 Å². The van der Waals surface area contributed by atoms with Gasteiger partial charge in [0.2, 0.25) is 5.13 Å². The Morgan fingerprint density at radius 2 is 2.00 bits per heavy atom. The number of carbonyl (C=O) groups is 2. The van der Waals surface area contributed by atoms with E-state index in [9.17, 15) is 9.59 Å². The molecule has 1 aromatic rings. The molecule has 0 bridgehead atoms. The van der Waals surface area contributed by atoms with Crippen LogP contribution < -0.4 is 5.48 Å². The molecular formula is C12H18N2O5S. The van der Waals surface area contributed by atoms with Gasteiger partial charge >= 0.3 is 12.1 Å². The first-order valence-electron chi connectivity index (χ1n) is 6.03. The van der Waals surface area contributed by atoms with Crippen LogP contribution in [-0.4, -0.2) is 29.3 Å². The summed E-state index contributed by atoms with van der Waals surface area (Å²) in [5.74, 6) is -0.451. The van der Waals surface area contributed by atoms with Gasteiger partial charge in [-0.2, -0.15) is 5.48 Å². The summed E-state index contributed by atoms with van der Waals surface area (Å²) in [6.45, 7) is 8.84. The molecule has 1 rings (SSSR count). The van der Waals surface area contributed by atoms with Crippen LogP contribution in [0.3, 0.4) is 0 Å². The molecule has 0 aliphatic carbocycles. The molecule has 0 aliphatic heterocycles. The van der Waals surface area contributed by atoms with Gasteiger partial charge in [-0.3, -0.25) is 0 Å². The minimum atomic E-state index is -0.872. The number of hydrogen-bond acceptors (Lipinski definition) is 8. The number of nitrogens with zero attached hydrogens (tertiary/aromatic N) is 1. The van der Waals surface area contributed by atoms with Crippen molar-refractivity contribution in [1.29, 1.82) is 0 Å². The lowest BCUT2D eigenvalue weighted by Crippen LogP contribution is -2.25. The Bertz CT molecular complexity index is 493. The van der Waals surface area contributed by atoms with E-state index in [1.807, 2.05) is 0 Å². The van der Waals surface area contributed by atoms with Crippen LogP contribution in [0.15, 0.2) is 0 Å². The maximum Gasteiger partial charge on any atom is 0.533 e. The Morgan fingerprint density at radius 1 is 1.35 bits per heavy atom. The van der Waals surface area contributed by atoms with Gasteiger partial charge in [-0.25, -0.2) is 14.6 Å². The summed E-state index contributed by atoms with van der Waals surface area (Å²) in [4.78, 5) is 32.0. The number of carbonyl (C=O) groups excluding carboxylic acids is 2. The molecule has 0 saturated carbocycles. The van der Waals surface area contributed by atoms with Gasteiger partial charge in [0.05, 0.1) is 12.3 Å². The molecule has 7 nitrogen and oxygen atoms in total. The second-order valence-electron chi connectivity index (χ2n) is 4.82. The second kappa shape index (κ2) is 6.56. The van der Waals surface area contributed by atoms with Crippen LogP contribution in [0.25, 0.3) is 0 Å². The van der Waals surface area contributed by atoms with E-state index in [2.05, 4.69) is 10.5 Å². The standard InChI is InChI=1S/C12H18N2O5S/c1-6-17-9(15)8-7(2)13-10(20-8)14-19-11(16)18-12(3,4)5/h6H2,1-5H3,(H,13,14). The molecule has 0 fully saturated rings. The Kier molecular flexibility index (Phi) is 5.32. The van der Waals surface area contributed by atoms with Gasteiger partial charge in [0.25, 0.3) is 0 Å². The molecule has 0 saturated heterocycles. The van der Waals surface area contributed by atoms with E-state index >= 15 is 0 Å². The van der Waals surface area contributed by atoms with Crippen molar-refractivity contribution in [1.82, 2.24) is 4.98 Å². The van der Waals surface area contributed by atoms with Crippen LogP contribution in [0.1, 0.15) is 43.1 Å². The molecule has 0 amide bonds. The summed E-state index contributed by atoms with van der Waals surface area (Å²) in [7, 11) is 0. The molecule has 1 N–H and O–H groups in total. The fraction of sp³-hybridized carbons (Fsp3) is 0.583. The fourth-order valence-corrected chi connectivity index (χ4v) is 1.98. The molecule has 1 aromatic heterocycles. The van der Waals surface area contributed by atoms with E-state index in [4.69, 9.17) is 14.3 Å². The third-order valence-electron chi connectivity index (χ3n) is 1.87. The van der Waals surface area contributed by atoms with E-state index in [1.165, 1.54) is 0 Å². The van der Waals surface area contributed by atoms with Crippen molar-refractivity contribution in [3.63, 3.8) is 0 Å². The third kappa shape index (κ3) is 5.04. The van der Waals surface area contributed by atoms with Gasteiger partial charge in [-0.1, -0.05) is 11.3 Å². The Labute approximate surface area is 121 Å². The predicted octanol–water partition coefficient (Wildman–Crippen LogP) is 2.91. The lowest BCUT2D eigenvalue weighted by molar-refractivity contribution is 0.00295. The van der Waals surface area contributed by atoms with Crippen molar-refractivity contribution in [3.05, 3.63) is 10.6 Å². The molecule has 0 aromatic carbocycles. The minimum absolute atomic E-state index is 0.274. The van der Waals surface area contributed by atoms with E-state index in [-0.39, 0.29) is 11.7 Å². The number of ether oxygens (including phenoxy) is 2. The van der Waals surface area contributed by atoms with E-state index < -0.39 is 17.7 Å². The van der Waals surface area contributed by atoms with Gasteiger partial charge in [-0.15, -0.1) is 0 Å². The Hall–Kier alpha value is -1.83. The van der Waals surface area contributed by atoms with Gasteiger partial charge in [0.15, 0.2) is 0 Å². The summed E-state index contributed by atoms with van der Waals surface area (Å²) >= 11 is 1.04. The zero-order chi connectivity index (χ0) is 15.3. The normalized spacial score (nSPS) is 10.8. The van der Waals surface area contributed by atoms with Crippen LogP contribution >= 0.6 is 11.3 Å². The largest absolute Gasteiger partial charge is 0.533 e. The average molecular weight is 302 g/mol. The number of anilines is 1. The first-order valence-corrected chi connectivity index (χ1v) is 6.85. The molecular weight excluding hydrogens is 284 g/mol. The van der Waals surface area contributed by atoms with Crippen molar-refractivity contribution < 1.29 is 23.9 Å². The van der Waals surface area contributed by atoms with Crippen molar-refractivity contribution in [2.45, 2.75) is 40.2 Å². The number of thiazole rings is 1. The van der Waals surface area contributed by atoms with Crippen molar-refractivity contribution >= 4 is 28.6 Å². The first-order chi connectivity index (χ1) is 9.23. The lowest BCUT2D eigenvalue weighted by Gasteiger charge is -2.18. The monoisotopic (exact) mass is 302 g/mol. The quantitative estimate of drug-likeness (QED) is 0.676. The second-order valence-corrected chi connectivity index (χ2v) is 5.82. The maximum atomic E-state index is 11.6. The van der Waals surface area contributed by atoms with Gasteiger partial charge < -0.3 is 14.3 Å². The zero-order valence-corrected chi connectivity index (χ0v) is 12.9. The number of hydrogen-bond donors (Lipinski definition) is 1. The average Bonchev–Trinajstić information content (AvgIpc) is 2.66. The molecule has 0 spiro atoms. The number of nitrogens with one attached hydrogen (secondary N) is 1. The molecule has 1 heterocycles. The first kappa shape index (κ1) is 16.2. The highest BCUT2D eigenvalue weighted by Gasteiger charge is 2.20. The molecule has 112 valence electrons. The molecule has 20 heavy (non-hydrogen) atoms. The predicted molar refractivity (Wildman–Crippen MR) is 73.7 cm³/mol. The zero-order valence-electron chi connectivity index (χ0n) is 12.1. The highest BCUT2D eigenvalue weighted by molar-refractivity contribution is 7.17. The lowest BCUT2D eigenvalue weighted by atomic mass is 10.2. The molecule has 0 aliphatic rings. The topological polar surface area (TPSA) is 86.8 Å². The molecule has 0 atom stereocenters. The van der Waals surface area contributed by atoms with Gasteiger partial charge in [0.1, 0.15) is 10.5 Å². The summed E-state index contributed by atoms with van der Waals surface area (Å²) in [6.07, 6.45) is -0.872. The number of esters is 1. The van der Waals surface area contributed by atoms with Gasteiger partial charge in [0, 0.05) is 0 Å². The van der Waals surface area contributed by atoms with Crippen LogP contribution in [0, 0.1) is 6.92 Å². The van der Waals surface area contributed by atoms with Crippen molar-refractivity contribution in [2.24, 2.45) is 0 Å². The van der Waals surface area contributed by atoms with Gasteiger partial charge in [-0.05, 0) is 34.6 Å². The van der Waals surface area contributed by atoms with Crippen LogP contribution in [0.4, 0.5) is 9.93 Å². The van der Waals surface area contributed by atoms with E-state index in [0.29, 0.717) is 10.6 Å². The molecule has 0 unspecified atom stereocenters. The Morgan fingerprint density at radius 3 is 2.55 bits per heavy atom. The highest BCUT2D eigenvalue weighted by atomic mass is 32.1. The summed E-state index contributed by atoms with van der Waals surface area (Å²) < 4.78 is 9.83. The highest BCUT2D eigenvalue weighted by Crippen LogP contribution is 2.23. The minimum Gasteiger partial charge on any atom is -0.462 e. The van der Waals surface area contributed by atoms with Crippen molar-refractivity contribution in [3.8, 4) is 0 Å². The summed E-state index contributed by atoms with van der Waals surface area (Å²) in [6, 6.07) is 0.